The van der Waals surface area contributed by atoms with Gasteiger partial charge in [0.1, 0.15) is 0 Å². The van der Waals surface area contributed by atoms with Gasteiger partial charge in [0.25, 0.3) is 5.91 Å². The largest absolute Gasteiger partial charge is 0.379 e. The van der Waals surface area contributed by atoms with Crippen LogP contribution in [0.4, 0.5) is 0 Å². The number of nitrogens with zero attached hydrogens (tertiary/aromatic N) is 2. The lowest BCUT2D eigenvalue weighted by Gasteiger charge is -2.26. The number of sulfonamides is 1. The molecule has 0 bridgehead atoms. The van der Waals surface area contributed by atoms with Crippen molar-refractivity contribution in [2.75, 3.05) is 26.3 Å². The second-order valence-corrected chi connectivity index (χ2v) is 10.2. The summed E-state index contributed by atoms with van der Waals surface area (Å²) in [5.41, 5.74) is 3.76. The second-order valence-electron chi connectivity index (χ2n) is 8.28. The topological polar surface area (TPSA) is 88.6 Å². The average molecular weight is 488 g/mol. The molecule has 0 atom stereocenters. The number of morpholine rings is 1. The molecule has 1 saturated heterocycles. The summed E-state index contributed by atoms with van der Waals surface area (Å²) in [6.07, 6.45) is 0. The summed E-state index contributed by atoms with van der Waals surface area (Å²) in [6.45, 7) is 1.78. The standard InChI is InChI=1S/C27H25N3O4S/c31-27(24-18-26(21-6-2-1-3-7-21)29-25-9-5-4-8-23(24)25)28-19-20-10-12-22(13-11-20)35(32,33)30-14-16-34-17-15-30/h1-13,18H,14-17,19H2,(H,28,31). The Hall–Kier alpha value is -3.59. The Kier molecular flexibility index (Phi) is 6.59. The maximum Gasteiger partial charge on any atom is 0.252 e. The fraction of sp³-hybridized carbons (Fsp3) is 0.185. The van der Waals surface area contributed by atoms with Crippen LogP contribution in [-0.4, -0.2) is 49.9 Å². The van der Waals surface area contributed by atoms with Gasteiger partial charge in [-0.3, -0.25) is 4.79 Å². The Labute approximate surface area is 204 Å². The molecule has 4 aromatic rings. The lowest BCUT2D eigenvalue weighted by atomic mass is 10.0. The third-order valence-electron chi connectivity index (χ3n) is 6.01. The van der Waals surface area contributed by atoms with Gasteiger partial charge in [-0.15, -0.1) is 0 Å². The molecular weight excluding hydrogens is 462 g/mol. The summed E-state index contributed by atoms with van der Waals surface area (Å²) >= 11 is 0. The molecule has 1 aliphatic heterocycles. The number of rotatable bonds is 6. The van der Waals surface area contributed by atoms with Crippen molar-refractivity contribution < 1.29 is 17.9 Å². The molecule has 5 rings (SSSR count). The number of ether oxygens (including phenoxy) is 1. The van der Waals surface area contributed by atoms with Gasteiger partial charge in [-0.1, -0.05) is 60.7 Å². The smallest absolute Gasteiger partial charge is 0.252 e. The summed E-state index contributed by atoms with van der Waals surface area (Å²) < 4.78 is 32.3. The van der Waals surface area contributed by atoms with E-state index in [1.165, 1.54) is 4.31 Å². The van der Waals surface area contributed by atoms with Crippen molar-refractivity contribution in [3.05, 3.63) is 96.1 Å². The van der Waals surface area contributed by atoms with Gasteiger partial charge in [0.2, 0.25) is 10.0 Å². The minimum atomic E-state index is -3.55. The van der Waals surface area contributed by atoms with Crippen LogP contribution >= 0.6 is 0 Å². The number of amides is 1. The molecule has 0 aliphatic carbocycles. The highest BCUT2D eigenvalue weighted by molar-refractivity contribution is 7.89. The van der Waals surface area contributed by atoms with E-state index in [4.69, 9.17) is 9.72 Å². The number of hydrogen-bond donors (Lipinski definition) is 1. The van der Waals surface area contributed by atoms with E-state index < -0.39 is 10.0 Å². The lowest BCUT2D eigenvalue weighted by molar-refractivity contribution is 0.0730. The van der Waals surface area contributed by atoms with Crippen LogP contribution in [0.1, 0.15) is 15.9 Å². The van der Waals surface area contributed by atoms with Gasteiger partial charge < -0.3 is 10.1 Å². The third-order valence-corrected chi connectivity index (χ3v) is 7.93. The highest BCUT2D eigenvalue weighted by Gasteiger charge is 2.26. The van der Waals surface area contributed by atoms with Gasteiger partial charge in [0.05, 0.1) is 34.9 Å². The van der Waals surface area contributed by atoms with Crippen molar-refractivity contribution in [2.45, 2.75) is 11.4 Å². The van der Waals surface area contributed by atoms with Crippen molar-refractivity contribution >= 4 is 26.8 Å². The number of hydrogen-bond acceptors (Lipinski definition) is 5. The molecular formula is C27H25N3O4S. The predicted octanol–water partition coefficient (Wildman–Crippen LogP) is 3.85. The van der Waals surface area contributed by atoms with Crippen molar-refractivity contribution in [1.29, 1.82) is 0 Å². The highest BCUT2D eigenvalue weighted by Crippen LogP contribution is 2.25. The monoisotopic (exact) mass is 487 g/mol. The van der Waals surface area contributed by atoms with Crippen molar-refractivity contribution in [3.63, 3.8) is 0 Å². The zero-order valence-corrected chi connectivity index (χ0v) is 19.9. The molecule has 1 aliphatic rings. The zero-order valence-electron chi connectivity index (χ0n) is 19.1. The molecule has 1 fully saturated rings. The summed E-state index contributed by atoms with van der Waals surface area (Å²) in [5, 5.41) is 3.74. The summed E-state index contributed by atoms with van der Waals surface area (Å²) in [6, 6.07) is 25.8. The summed E-state index contributed by atoms with van der Waals surface area (Å²) in [4.78, 5) is 18.2. The van der Waals surface area contributed by atoms with Gasteiger partial charge in [-0.25, -0.2) is 13.4 Å². The van der Waals surface area contributed by atoms with Crippen molar-refractivity contribution in [3.8, 4) is 11.3 Å². The van der Waals surface area contributed by atoms with Crippen molar-refractivity contribution in [2.24, 2.45) is 0 Å². The van der Waals surface area contributed by atoms with Gasteiger partial charge in [0.15, 0.2) is 0 Å². The van der Waals surface area contributed by atoms with E-state index in [2.05, 4.69) is 5.32 Å². The van der Waals surface area contributed by atoms with Crippen LogP contribution in [0.3, 0.4) is 0 Å². The number of benzene rings is 3. The van der Waals surface area contributed by atoms with Gasteiger partial charge in [-0.2, -0.15) is 4.31 Å². The van der Waals surface area contributed by atoms with Crippen LogP contribution < -0.4 is 5.32 Å². The van der Waals surface area contributed by atoms with E-state index in [1.54, 1.807) is 24.3 Å². The van der Waals surface area contributed by atoms with E-state index in [0.29, 0.717) is 31.9 Å². The summed E-state index contributed by atoms with van der Waals surface area (Å²) in [5.74, 6) is -0.217. The minimum Gasteiger partial charge on any atom is -0.379 e. The van der Waals surface area contributed by atoms with Crippen LogP contribution in [0.5, 0.6) is 0 Å². The molecule has 3 aromatic carbocycles. The van der Waals surface area contributed by atoms with E-state index >= 15 is 0 Å². The van der Waals surface area contributed by atoms with Crippen LogP contribution in [0.2, 0.25) is 0 Å². The molecule has 7 nitrogen and oxygen atoms in total. The first-order chi connectivity index (χ1) is 17.0. The molecule has 1 N–H and O–H groups in total. The first-order valence-corrected chi connectivity index (χ1v) is 12.9. The molecule has 0 saturated carbocycles. The number of para-hydroxylation sites is 1. The fourth-order valence-electron chi connectivity index (χ4n) is 4.11. The molecule has 0 radical (unpaired) electrons. The molecule has 1 aromatic heterocycles. The first kappa shape index (κ1) is 23.2. The Bertz CT molecular complexity index is 1450. The van der Waals surface area contributed by atoms with E-state index in [-0.39, 0.29) is 17.3 Å². The quantitative estimate of drug-likeness (QED) is 0.446. The number of nitrogens with one attached hydrogen (secondary N) is 1. The minimum absolute atomic E-state index is 0.217. The fourth-order valence-corrected chi connectivity index (χ4v) is 5.52. The van der Waals surface area contributed by atoms with Crippen LogP contribution in [0.15, 0.2) is 89.8 Å². The number of fused-ring (bicyclic) bond motifs is 1. The number of aromatic nitrogens is 1. The zero-order chi connectivity index (χ0) is 24.3. The molecule has 8 heteroatoms. The van der Waals surface area contributed by atoms with Crippen LogP contribution in [0.25, 0.3) is 22.2 Å². The molecule has 178 valence electrons. The first-order valence-electron chi connectivity index (χ1n) is 11.4. The Balaban J connectivity index is 1.34. The van der Waals surface area contributed by atoms with Crippen molar-refractivity contribution in [1.82, 2.24) is 14.6 Å². The lowest BCUT2D eigenvalue weighted by Crippen LogP contribution is -2.40. The van der Waals surface area contributed by atoms with E-state index in [0.717, 1.165) is 27.7 Å². The highest BCUT2D eigenvalue weighted by atomic mass is 32.2. The molecule has 35 heavy (non-hydrogen) atoms. The molecule has 2 heterocycles. The Morgan fingerprint density at radius 3 is 2.34 bits per heavy atom. The SMILES string of the molecule is O=C(NCc1ccc(S(=O)(=O)N2CCOCC2)cc1)c1cc(-c2ccccc2)nc2ccccc12. The number of carbonyl (C=O) groups excluding carboxylic acids is 1. The summed E-state index contributed by atoms with van der Waals surface area (Å²) in [7, 11) is -3.55. The van der Waals surface area contributed by atoms with Gasteiger partial charge in [-0.05, 0) is 29.8 Å². The number of pyridine rings is 1. The normalized spacial score (nSPS) is 14.6. The van der Waals surface area contributed by atoms with Gasteiger partial charge >= 0.3 is 0 Å². The third kappa shape index (κ3) is 4.95. The molecule has 0 unspecified atom stereocenters. The van der Waals surface area contributed by atoms with Gasteiger partial charge in [0, 0.05) is 30.6 Å². The predicted molar refractivity (Wildman–Crippen MR) is 134 cm³/mol. The Morgan fingerprint density at radius 1 is 0.914 bits per heavy atom. The second kappa shape index (κ2) is 9.95. The maximum absolute atomic E-state index is 13.2. The van der Waals surface area contributed by atoms with Crippen LogP contribution in [0, 0.1) is 0 Å². The molecule has 0 spiro atoms. The maximum atomic E-state index is 13.2. The van der Waals surface area contributed by atoms with Crippen LogP contribution in [-0.2, 0) is 21.3 Å². The molecule has 1 amide bonds. The average Bonchev–Trinajstić information content (AvgIpc) is 2.92. The number of carbonyl (C=O) groups is 1. The Morgan fingerprint density at radius 2 is 1.60 bits per heavy atom. The van der Waals surface area contributed by atoms with E-state index in [9.17, 15) is 13.2 Å². The van der Waals surface area contributed by atoms with E-state index in [1.807, 2.05) is 60.7 Å².